The molecule has 0 saturated carbocycles. The Balaban J connectivity index is 1.37. The standard InChI is InChI=1S/C21H23ClN2O/c1-24-13-16-7-4-8-20(22)19(16)11-18(24)12-23-21(25)17-9-14-5-2-3-6-15(14)10-17/h2-8,17-18H,9-13H2,1H3,(H,23,25)/t18-/m1/s1. The first-order chi connectivity index (χ1) is 12.1. The molecule has 4 rings (SSSR count). The first kappa shape index (κ1) is 16.6. The molecule has 1 atom stereocenters. The molecule has 1 aliphatic heterocycles. The number of amides is 1. The van der Waals surface area contributed by atoms with Gasteiger partial charge in [-0.15, -0.1) is 0 Å². The van der Waals surface area contributed by atoms with Crippen LogP contribution in [0, 0.1) is 5.92 Å². The fourth-order valence-electron chi connectivity index (χ4n) is 4.10. The lowest BCUT2D eigenvalue weighted by Crippen LogP contribution is -2.46. The molecule has 0 radical (unpaired) electrons. The minimum atomic E-state index is 0.0715. The fourth-order valence-corrected chi connectivity index (χ4v) is 4.38. The Bertz CT molecular complexity index is 779. The topological polar surface area (TPSA) is 32.3 Å². The average Bonchev–Trinajstić information content (AvgIpc) is 3.04. The number of hydrogen-bond acceptors (Lipinski definition) is 2. The van der Waals surface area contributed by atoms with Crippen LogP contribution < -0.4 is 5.32 Å². The van der Waals surface area contributed by atoms with Crippen LogP contribution >= 0.6 is 11.6 Å². The summed E-state index contributed by atoms with van der Waals surface area (Å²) in [6, 6.07) is 14.8. The van der Waals surface area contributed by atoms with Crippen LogP contribution in [0.4, 0.5) is 0 Å². The summed E-state index contributed by atoms with van der Waals surface area (Å²) in [5.41, 5.74) is 5.16. The Morgan fingerprint density at radius 1 is 1.08 bits per heavy atom. The van der Waals surface area contributed by atoms with Crippen molar-refractivity contribution in [3.8, 4) is 0 Å². The molecule has 1 aliphatic carbocycles. The smallest absolute Gasteiger partial charge is 0.223 e. The number of benzene rings is 2. The highest BCUT2D eigenvalue weighted by Gasteiger charge is 2.29. The molecule has 0 bridgehead atoms. The maximum absolute atomic E-state index is 12.6. The predicted octanol–water partition coefficient (Wildman–Crippen LogP) is 3.23. The predicted molar refractivity (Wildman–Crippen MR) is 101 cm³/mol. The van der Waals surface area contributed by atoms with Crippen molar-refractivity contribution in [2.24, 2.45) is 5.92 Å². The maximum atomic E-state index is 12.6. The first-order valence-corrected chi connectivity index (χ1v) is 9.30. The van der Waals surface area contributed by atoms with E-state index < -0.39 is 0 Å². The van der Waals surface area contributed by atoms with Gasteiger partial charge in [0.05, 0.1) is 0 Å². The Hall–Kier alpha value is -1.84. The third kappa shape index (κ3) is 3.31. The maximum Gasteiger partial charge on any atom is 0.223 e. The summed E-state index contributed by atoms with van der Waals surface area (Å²) in [4.78, 5) is 14.9. The number of carbonyl (C=O) groups is 1. The van der Waals surface area contributed by atoms with E-state index in [2.05, 4.69) is 47.6 Å². The molecule has 4 heteroatoms. The van der Waals surface area contributed by atoms with Gasteiger partial charge in [-0.05, 0) is 54.6 Å². The Morgan fingerprint density at radius 2 is 1.76 bits per heavy atom. The normalized spacial score (nSPS) is 20.2. The second-order valence-electron chi connectivity index (χ2n) is 7.27. The van der Waals surface area contributed by atoms with E-state index in [9.17, 15) is 4.79 Å². The SMILES string of the molecule is CN1Cc2cccc(Cl)c2C[C@@H]1CNC(=O)C1Cc2ccccc2C1. The molecule has 3 nitrogen and oxygen atoms in total. The van der Waals surface area contributed by atoms with Crippen molar-refractivity contribution in [3.05, 3.63) is 69.7 Å². The second-order valence-corrected chi connectivity index (χ2v) is 7.68. The van der Waals surface area contributed by atoms with E-state index in [1.807, 2.05) is 12.1 Å². The third-order valence-electron chi connectivity index (χ3n) is 5.63. The van der Waals surface area contributed by atoms with E-state index in [0.29, 0.717) is 12.6 Å². The number of nitrogens with zero attached hydrogens (tertiary/aromatic N) is 1. The van der Waals surface area contributed by atoms with Gasteiger partial charge in [0.1, 0.15) is 0 Å². The molecule has 1 N–H and O–H groups in total. The summed E-state index contributed by atoms with van der Waals surface area (Å²) < 4.78 is 0. The van der Waals surface area contributed by atoms with E-state index in [1.54, 1.807) is 0 Å². The molecule has 130 valence electrons. The number of hydrogen-bond donors (Lipinski definition) is 1. The number of rotatable bonds is 3. The van der Waals surface area contributed by atoms with Gasteiger partial charge >= 0.3 is 0 Å². The lowest BCUT2D eigenvalue weighted by atomic mass is 9.94. The van der Waals surface area contributed by atoms with Crippen LogP contribution in [0.3, 0.4) is 0 Å². The van der Waals surface area contributed by atoms with E-state index in [4.69, 9.17) is 11.6 Å². The molecule has 2 aromatic carbocycles. The minimum absolute atomic E-state index is 0.0715. The van der Waals surface area contributed by atoms with Gasteiger partial charge in [0.2, 0.25) is 5.91 Å². The van der Waals surface area contributed by atoms with Gasteiger partial charge < -0.3 is 5.32 Å². The van der Waals surface area contributed by atoms with Crippen molar-refractivity contribution >= 4 is 17.5 Å². The zero-order valence-corrected chi connectivity index (χ0v) is 15.2. The van der Waals surface area contributed by atoms with Gasteiger partial charge in [-0.1, -0.05) is 48.0 Å². The van der Waals surface area contributed by atoms with E-state index in [1.165, 1.54) is 22.3 Å². The lowest BCUT2D eigenvalue weighted by Gasteiger charge is -2.34. The molecule has 2 aliphatic rings. The monoisotopic (exact) mass is 354 g/mol. The molecular weight excluding hydrogens is 332 g/mol. The number of halogens is 1. The molecule has 2 aromatic rings. The largest absolute Gasteiger partial charge is 0.354 e. The van der Waals surface area contributed by atoms with Gasteiger partial charge in [-0.2, -0.15) is 0 Å². The van der Waals surface area contributed by atoms with Crippen LogP contribution in [-0.2, 0) is 30.6 Å². The molecule has 0 fully saturated rings. The van der Waals surface area contributed by atoms with Crippen molar-refractivity contribution in [1.29, 1.82) is 0 Å². The highest BCUT2D eigenvalue weighted by atomic mass is 35.5. The molecule has 25 heavy (non-hydrogen) atoms. The zero-order valence-electron chi connectivity index (χ0n) is 14.5. The number of nitrogens with one attached hydrogen (secondary N) is 1. The first-order valence-electron chi connectivity index (χ1n) is 8.93. The molecule has 0 unspecified atom stereocenters. The Kier molecular flexibility index (Phi) is 4.53. The molecule has 0 saturated heterocycles. The lowest BCUT2D eigenvalue weighted by molar-refractivity contribution is -0.125. The minimum Gasteiger partial charge on any atom is -0.354 e. The van der Waals surface area contributed by atoms with Crippen LogP contribution in [0.25, 0.3) is 0 Å². The molecule has 1 amide bonds. The van der Waals surface area contributed by atoms with Crippen molar-refractivity contribution in [3.63, 3.8) is 0 Å². The summed E-state index contributed by atoms with van der Waals surface area (Å²) in [6.45, 7) is 1.55. The number of carbonyl (C=O) groups excluding carboxylic acids is 1. The van der Waals surface area contributed by atoms with Gasteiger partial charge in [-0.3, -0.25) is 9.69 Å². The molecule has 0 spiro atoms. The van der Waals surface area contributed by atoms with Gasteiger partial charge in [0, 0.05) is 30.1 Å². The number of likely N-dealkylation sites (N-methyl/N-ethyl adjacent to an activating group) is 1. The Labute approximate surface area is 154 Å². The van der Waals surface area contributed by atoms with Crippen LogP contribution in [0.2, 0.25) is 5.02 Å². The summed E-state index contributed by atoms with van der Waals surface area (Å²) in [5, 5.41) is 4.03. The fraction of sp³-hybridized carbons (Fsp3) is 0.381. The third-order valence-corrected chi connectivity index (χ3v) is 5.99. The van der Waals surface area contributed by atoms with E-state index in [-0.39, 0.29) is 11.8 Å². The second kappa shape index (κ2) is 6.81. The van der Waals surface area contributed by atoms with Crippen LogP contribution in [0.5, 0.6) is 0 Å². The quantitative estimate of drug-likeness (QED) is 0.917. The van der Waals surface area contributed by atoms with E-state index >= 15 is 0 Å². The van der Waals surface area contributed by atoms with Crippen molar-refractivity contribution < 1.29 is 4.79 Å². The molecule has 1 heterocycles. The summed E-state index contributed by atoms with van der Waals surface area (Å²) in [6.07, 6.45) is 2.60. The van der Waals surface area contributed by atoms with E-state index in [0.717, 1.165) is 30.8 Å². The van der Waals surface area contributed by atoms with Gasteiger partial charge in [0.25, 0.3) is 0 Å². The van der Waals surface area contributed by atoms with Crippen molar-refractivity contribution in [2.45, 2.75) is 31.8 Å². The Morgan fingerprint density at radius 3 is 2.48 bits per heavy atom. The van der Waals surface area contributed by atoms with Gasteiger partial charge in [-0.25, -0.2) is 0 Å². The zero-order chi connectivity index (χ0) is 17.4. The summed E-state index contributed by atoms with van der Waals surface area (Å²) in [5.74, 6) is 0.247. The number of fused-ring (bicyclic) bond motifs is 2. The highest BCUT2D eigenvalue weighted by Crippen LogP contribution is 2.29. The van der Waals surface area contributed by atoms with Crippen molar-refractivity contribution in [2.75, 3.05) is 13.6 Å². The molecular formula is C21H23ClN2O. The summed E-state index contributed by atoms with van der Waals surface area (Å²) >= 11 is 6.37. The molecule has 0 aromatic heterocycles. The average molecular weight is 355 g/mol. The van der Waals surface area contributed by atoms with Crippen LogP contribution in [0.15, 0.2) is 42.5 Å². The summed E-state index contributed by atoms with van der Waals surface area (Å²) in [7, 11) is 2.12. The highest BCUT2D eigenvalue weighted by molar-refractivity contribution is 6.31. The van der Waals surface area contributed by atoms with Crippen molar-refractivity contribution in [1.82, 2.24) is 10.2 Å². The van der Waals surface area contributed by atoms with Crippen LogP contribution in [0.1, 0.15) is 22.3 Å². The van der Waals surface area contributed by atoms with Gasteiger partial charge in [0.15, 0.2) is 0 Å². The van der Waals surface area contributed by atoms with Crippen LogP contribution in [-0.4, -0.2) is 30.4 Å².